The van der Waals surface area contributed by atoms with E-state index in [4.69, 9.17) is 13.8 Å². The molecule has 12 heteroatoms. The number of carbonyl (C=O) groups is 3. The largest absolute Gasteiger partial charge is 0.480 e. The molecule has 54 heavy (non-hydrogen) atoms. The molecule has 0 fully saturated rings. The van der Waals surface area contributed by atoms with E-state index < -0.39 is 57.6 Å². The van der Waals surface area contributed by atoms with Gasteiger partial charge in [0.1, 0.15) is 12.7 Å². The standard InChI is InChI=1S/C42H82NO10P/c1-3-5-7-9-11-13-15-16-17-18-19-20-21-22-23-24-26-28-30-32-34-41(46)51-35-38(44)36-52-54(49,50)53-37-39(42(47)48)43-40(45)33-31-29-27-25-14-12-10-8-6-4-2/h38-39,44H,3-37H2,1-2H3,(H,43,45)(H,47,48)(H,49,50). The van der Waals surface area contributed by atoms with Gasteiger partial charge in [-0.3, -0.25) is 18.6 Å². The Morgan fingerprint density at radius 2 is 0.852 bits per heavy atom. The van der Waals surface area contributed by atoms with Crippen LogP contribution in [0.15, 0.2) is 0 Å². The average molecular weight is 792 g/mol. The van der Waals surface area contributed by atoms with E-state index >= 15 is 0 Å². The molecule has 0 heterocycles. The van der Waals surface area contributed by atoms with Crippen LogP contribution in [0.4, 0.5) is 0 Å². The third-order valence-corrected chi connectivity index (χ3v) is 10.8. The predicted octanol–water partition coefficient (Wildman–Crippen LogP) is 11.1. The third kappa shape index (κ3) is 37.4. The zero-order valence-electron chi connectivity index (χ0n) is 34.6. The van der Waals surface area contributed by atoms with E-state index in [0.29, 0.717) is 12.8 Å². The van der Waals surface area contributed by atoms with Gasteiger partial charge in [0, 0.05) is 12.8 Å². The molecule has 0 aromatic heterocycles. The lowest BCUT2D eigenvalue weighted by Crippen LogP contribution is -2.43. The Labute approximate surface area is 329 Å². The smallest absolute Gasteiger partial charge is 0.472 e. The number of unbranched alkanes of at least 4 members (excludes halogenated alkanes) is 28. The minimum Gasteiger partial charge on any atom is -0.480 e. The molecule has 320 valence electrons. The van der Waals surface area contributed by atoms with Gasteiger partial charge in [-0.05, 0) is 12.8 Å². The van der Waals surface area contributed by atoms with Crippen molar-refractivity contribution in [3.63, 3.8) is 0 Å². The summed E-state index contributed by atoms with van der Waals surface area (Å²) in [5.74, 6) is -2.36. The van der Waals surface area contributed by atoms with Gasteiger partial charge in [-0.2, -0.15) is 0 Å². The van der Waals surface area contributed by atoms with Crippen LogP contribution < -0.4 is 5.32 Å². The van der Waals surface area contributed by atoms with Gasteiger partial charge < -0.3 is 25.2 Å². The lowest BCUT2D eigenvalue weighted by molar-refractivity contribution is -0.147. The summed E-state index contributed by atoms with van der Waals surface area (Å²) in [5.41, 5.74) is 0. The second kappa shape index (κ2) is 38.4. The second-order valence-corrected chi connectivity index (χ2v) is 16.7. The summed E-state index contributed by atoms with van der Waals surface area (Å²) in [6.07, 6.45) is 35.7. The number of hydrogen-bond acceptors (Lipinski definition) is 8. The first-order chi connectivity index (χ1) is 26.1. The number of nitrogens with one attached hydrogen (secondary N) is 1. The average Bonchev–Trinajstić information content (AvgIpc) is 3.14. The predicted molar refractivity (Wildman–Crippen MR) is 217 cm³/mol. The molecule has 0 aromatic rings. The number of aliphatic hydroxyl groups is 1. The Hall–Kier alpha value is -1.52. The van der Waals surface area contributed by atoms with E-state index in [-0.39, 0.29) is 12.8 Å². The molecule has 0 bridgehead atoms. The first kappa shape index (κ1) is 52.5. The highest BCUT2D eigenvalue weighted by Crippen LogP contribution is 2.43. The number of hydrogen-bond donors (Lipinski definition) is 4. The van der Waals surface area contributed by atoms with E-state index in [1.54, 1.807) is 0 Å². The van der Waals surface area contributed by atoms with Crippen molar-refractivity contribution < 1.29 is 47.8 Å². The van der Waals surface area contributed by atoms with E-state index in [2.05, 4.69) is 19.2 Å². The Bertz CT molecular complexity index is 937. The minimum absolute atomic E-state index is 0.151. The highest BCUT2D eigenvalue weighted by molar-refractivity contribution is 7.47. The third-order valence-electron chi connectivity index (χ3n) is 9.90. The molecule has 0 aromatic carbocycles. The van der Waals surface area contributed by atoms with Gasteiger partial charge in [0.15, 0.2) is 6.04 Å². The number of phosphoric ester groups is 1. The van der Waals surface area contributed by atoms with Gasteiger partial charge in [-0.25, -0.2) is 9.36 Å². The molecule has 0 aliphatic rings. The van der Waals surface area contributed by atoms with Crippen LogP contribution in [0, 0.1) is 0 Å². The van der Waals surface area contributed by atoms with E-state index in [1.165, 1.54) is 141 Å². The minimum atomic E-state index is -4.74. The fourth-order valence-electron chi connectivity index (χ4n) is 6.43. The van der Waals surface area contributed by atoms with Gasteiger partial charge in [-0.15, -0.1) is 0 Å². The number of aliphatic carboxylic acids is 1. The molecule has 3 unspecified atom stereocenters. The summed E-state index contributed by atoms with van der Waals surface area (Å²) >= 11 is 0. The fourth-order valence-corrected chi connectivity index (χ4v) is 7.21. The number of phosphoric acid groups is 1. The van der Waals surface area contributed by atoms with Crippen molar-refractivity contribution >= 4 is 25.7 Å². The number of carboxylic acids is 1. The Morgan fingerprint density at radius 3 is 1.22 bits per heavy atom. The first-order valence-electron chi connectivity index (χ1n) is 22.1. The molecule has 0 spiro atoms. The van der Waals surface area contributed by atoms with E-state index in [9.17, 15) is 34.1 Å². The lowest BCUT2D eigenvalue weighted by atomic mass is 10.0. The van der Waals surface area contributed by atoms with Crippen LogP contribution in [0.2, 0.25) is 0 Å². The highest BCUT2D eigenvalue weighted by atomic mass is 31.2. The van der Waals surface area contributed by atoms with Crippen molar-refractivity contribution in [2.75, 3.05) is 19.8 Å². The van der Waals surface area contributed by atoms with Crippen LogP contribution in [-0.4, -0.2) is 64.9 Å². The van der Waals surface area contributed by atoms with Gasteiger partial charge in [0.2, 0.25) is 5.91 Å². The molecule has 0 radical (unpaired) electrons. The van der Waals surface area contributed by atoms with Crippen LogP contribution >= 0.6 is 7.82 Å². The van der Waals surface area contributed by atoms with E-state index in [0.717, 1.165) is 38.5 Å². The molecule has 0 saturated carbocycles. The van der Waals surface area contributed by atoms with E-state index in [1.807, 2.05) is 0 Å². The van der Waals surface area contributed by atoms with Crippen molar-refractivity contribution in [2.24, 2.45) is 0 Å². The Kier molecular flexibility index (Phi) is 37.3. The maximum Gasteiger partial charge on any atom is 0.472 e. The van der Waals surface area contributed by atoms with Crippen LogP contribution in [0.5, 0.6) is 0 Å². The van der Waals surface area contributed by atoms with Crippen LogP contribution in [0.25, 0.3) is 0 Å². The van der Waals surface area contributed by atoms with Crippen molar-refractivity contribution in [1.82, 2.24) is 5.32 Å². The van der Waals surface area contributed by atoms with Gasteiger partial charge in [0.05, 0.1) is 13.2 Å². The second-order valence-electron chi connectivity index (χ2n) is 15.3. The molecule has 0 saturated heterocycles. The zero-order chi connectivity index (χ0) is 40.0. The Balaban J connectivity index is 3.79. The summed E-state index contributed by atoms with van der Waals surface area (Å²) in [7, 11) is -4.74. The molecule has 3 atom stereocenters. The number of amides is 1. The molecule has 0 aliphatic heterocycles. The van der Waals surface area contributed by atoms with Gasteiger partial charge >= 0.3 is 19.8 Å². The lowest BCUT2D eigenvalue weighted by Gasteiger charge is -2.18. The number of ether oxygens (including phenoxy) is 1. The maximum atomic E-state index is 12.2. The molecular formula is C42H82NO10P. The molecule has 11 nitrogen and oxygen atoms in total. The summed E-state index contributed by atoms with van der Waals surface area (Å²) in [6, 6.07) is -1.54. The fraction of sp³-hybridized carbons (Fsp3) is 0.929. The van der Waals surface area contributed by atoms with Crippen LogP contribution in [0.1, 0.15) is 219 Å². The summed E-state index contributed by atoms with van der Waals surface area (Å²) in [6.45, 7) is 2.59. The number of aliphatic hydroxyl groups excluding tert-OH is 1. The molecule has 4 N–H and O–H groups in total. The SMILES string of the molecule is CCCCCCCCCCCCCCCCCCCCCCC(=O)OCC(O)COP(=O)(O)OCC(NC(=O)CCCCCCCCCCCC)C(=O)O. The topological polar surface area (TPSA) is 169 Å². The van der Waals surface area contributed by atoms with Gasteiger partial charge in [-0.1, -0.05) is 194 Å². The number of carboxylic acid groups (broad SMARTS) is 1. The molecule has 1 amide bonds. The summed E-state index contributed by atoms with van der Waals surface area (Å²) < 4.78 is 26.8. The summed E-state index contributed by atoms with van der Waals surface area (Å²) in [5, 5.41) is 21.8. The number of carbonyl (C=O) groups excluding carboxylic acids is 2. The molecular weight excluding hydrogens is 709 g/mol. The number of esters is 1. The van der Waals surface area contributed by atoms with Gasteiger partial charge in [0.25, 0.3) is 0 Å². The van der Waals surface area contributed by atoms with Crippen molar-refractivity contribution in [2.45, 2.75) is 231 Å². The first-order valence-corrected chi connectivity index (χ1v) is 23.6. The van der Waals surface area contributed by atoms with Crippen molar-refractivity contribution in [3.05, 3.63) is 0 Å². The van der Waals surface area contributed by atoms with Crippen molar-refractivity contribution in [3.8, 4) is 0 Å². The molecule has 0 aliphatic carbocycles. The monoisotopic (exact) mass is 792 g/mol. The normalized spacial score (nSPS) is 13.7. The number of rotatable bonds is 42. The molecule has 0 rings (SSSR count). The quantitative estimate of drug-likeness (QED) is 0.0265. The van der Waals surface area contributed by atoms with Crippen LogP contribution in [-0.2, 0) is 32.7 Å². The maximum absolute atomic E-state index is 12.2. The van der Waals surface area contributed by atoms with Crippen LogP contribution in [0.3, 0.4) is 0 Å². The zero-order valence-corrected chi connectivity index (χ0v) is 35.4. The highest BCUT2D eigenvalue weighted by Gasteiger charge is 2.28. The Morgan fingerprint density at radius 1 is 0.519 bits per heavy atom. The van der Waals surface area contributed by atoms with Crippen molar-refractivity contribution in [1.29, 1.82) is 0 Å². The summed E-state index contributed by atoms with van der Waals surface area (Å²) in [4.78, 5) is 45.8.